The van der Waals surface area contributed by atoms with E-state index in [4.69, 9.17) is 9.47 Å². The summed E-state index contributed by atoms with van der Waals surface area (Å²) in [5, 5.41) is 0. The smallest absolute Gasteiger partial charge is 0.363 e. The molecule has 5 heteroatoms. The van der Waals surface area contributed by atoms with Crippen LogP contribution in [0.3, 0.4) is 0 Å². The number of carbonyl (C=O) groups excluding carboxylic acids is 1. The zero-order valence-electron chi connectivity index (χ0n) is 12.7. The highest BCUT2D eigenvalue weighted by Gasteiger charge is 2.24. The maximum Gasteiger partial charge on any atom is 0.363 e. The van der Waals surface area contributed by atoms with Gasteiger partial charge in [-0.15, -0.1) is 0 Å². The number of hydrogen-bond donors (Lipinski definition) is 0. The summed E-state index contributed by atoms with van der Waals surface area (Å²) in [5.74, 6) is 0.505. The van der Waals surface area contributed by atoms with E-state index in [1.54, 1.807) is 13.2 Å². The lowest BCUT2D eigenvalue weighted by Crippen LogP contribution is -2.05. The maximum atomic E-state index is 12.1. The van der Waals surface area contributed by atoms with E-state index in [-0.39, 0.29) is 5.70 Å². The molecule has 23 heavy (non-hydrogen) atoms. The number of aliphatic imine (C=N–C) groups is 1. The van der Waals surface area contributed by atoms with E-state index in [2.05, 4.69) is 20.9 Å². The molecule has 0 saturated carbocycles. The van der Waals surface area contributed by atoms with Gasteiger partial charge in [-0.1, -0.05) is 33.6 Å². The highest BCUT2D eigenvalue weighted by molar-refractivity contribution is 9.10. The summed E-state index contributed by atoms with van der Waals surface area (Å²) in [6.45, 7) is 2.00. The van der Waals surface area contributed by atoms with Crippen molar-refractivity contribution >= 4 is 33.9 Å². The average molecular weight is 372 g/mol. The van der Waals surface area contributed by atoms with Crippen LogP contribution in [0.5, 0.6) is 5.75 Å². The van der Waals surface area contributed by atoms with Gasteiger partial charge in [-0.05, 0) is 43.3 Å². The van der Waals surface area contributed by atoms with Crippen LogP contribution in [0.4, 0.5) is 0 Å². The SMILES string of the molecule is COc1ccc(Br)cc1/C=C1/N=C(c2ccc(C)cc2)OC1=O. The number of halogens is 1. The summed E-state index contributed by atoms with van der Waals surface area (Å²) in [5.41, 5.74) is 2.90. The van der Waals surface area contributed by atoms with Crippen molar-refractivity contribution in [3.8, 4) is 5.75 Å². The molecule has 1 aliphatic rings. The molecule has 0 bridgehead atoms. The molecule has 1 heterocycles. The van der Waals surface area contributed by atoms with Crippen LogP contribution in [0.15, 0.2) is 57.6 Å². The number of carbonyl (C=O) groups is 1. The van der Waals surface area contributed by atoms with Crippen molar-refractivity contribution in [3.05, 3.63) is 69.3 Å². The van der Waals surface area contributed by atoms with Gasteiger partial charge in [-0.25, -0.2) is 9.79 Å². The lowest BCUT2D eigenvalue weighted by Gasteiger charge is -2.04. The van der Waals surface area contributed by atoms with Crippen molar-refractivity contribution in [3.63, 3.8) is 0 Å². The normalized spacial score (nSPS) is 15.5. The molecule has 0 spiro atoms. The number of ether oxygens (including phenoxy) is 2. The van der Waals surface area contributed by atoms with Crippen LogP contribution in [-0.2, 0) is 9.53 Å². The molecule has 0 aliphatic carbocycles. The molecular weight excluding hydrogens is 358 g/mol. The third kappa shape index (κ3) is 3.35. The second-order valence-corrected chi connectivity index (χ2v) is 6.00. The van der Waals surface area contributed by atoms with Crippen LogP contribution < -0.4 is 4.74 Å². The van der Waals surface area contributed by atoms with Gasteiger partial charge in [0.05, 0.1) is 7.11 Å². The predicted molar refractivity (Wildman–Crippen MR) is 92.5 cm³/mol. The second-order valence-electron chi connectivity index (χ2n) is 5.09. The Morgan fingerprint density at radius 1 is 1.17 bits per heavy atom. The lowest BCUT2D eigenvalue weighted by atomic mass is 10.1. The van der Waals surface area contributed by atoms with E-state index in [0.29, 0.717) is 11.6 Å². The Kier molecular flexibility index (Phi) is 4.30. The molecule has 0 saturated heterocycles. The summed E-state index contributed by atoms with van der Waals surface area (Å²) in [6.07, 6.45) is 1.66. The Morgan fingerprint density at radius 3 is 2.61 bits per heavy atom. The van der Waals surface area contributed by atoms with Crippen molar-refractivity contribution in [2.75, 3.05) is 7.11 Å². The lowest BCUT2D eigenvalue weighted by molar-refractivity contribution is -0.129. The van der Waals surface area contributed by atoms with Gasteiger partial charge >= 0.3 is 5.97 Å². The molecule has 2 aromatic rings. The summed E-state index contributed by atoms with van der Waals surface area (Å²) in [4.78, 5) is 16.4. The minimum Gasteiger partial charge on any atom is -0.496 e. The van der Waals surface area contributed by atoms with Crippen LogP contribution in [0.2, 0.25) is 0 Å². The predicted octanol–water partition coefficient (Wildman–Crippen LogP) is 4.11. The van der Waals surface area contributed by atoms with E-state index >= 15 is 0 Å². The largest absolute Gasteiger partial charge is 0.496 e. The fraction of sp³-hybridized carbons (Fsp3) is 0.111. The van der Waals surface area contributed by atoms with E-state index in [9.17, 15) is 4.79 Å². The molecule has 0 unspecified atom stereocenters. The highest BCUT2D eigenvalue weighted by atomic mass is 79.9. The molecule has 0 atom stereocenters. The number of esters is 1. The number of cyclic esters (lactones) is 1. The van der Waals surface area contributed by atoms with Crippen LogP contribution in [-0.4, -0.2) is 19.0 Å². The highest BCUT2D eigenvalue weighted by Crippen LogP contribution is 2.27. The Bertz CT molecular complexity index is 823. The first-order chi connectivity index (χ1) is 11.1. The Balaban J connectivity index is 1.98. The molecule has 0 amide bonds. The van der Waals surface area contributed by atoms with Crippen molar-refractivity contribution in [2.45, 2.75) is 6.92 Å². The van der Waals surface area contributed by atoms with Crippen molar-refractivity contribution in [2.24, 2.45) is 4.99 Å². The summed E-state index contributed by atoms with van der Waals surface area (Å²) in [7, 11) is 1.58. The second kappa shape index (κ2) is 6.38. The molecule has 0 aromatic heterocycles. The molecule has 1 aliphatic heterocycles. The fourth-order valence-electron chi connectivity index (χ4n) is 2.19. The third-order valence-electron chi connectivity index (χ3n) is 3.40. The fourth-order valence-corrected chi connectivity index (χ4v) is 2.57. The molecular formula is C18H14BrNO3. The summed E-state index contributed by atoms with van der Waals surface area (Å²) in [6, 6.07) is 13.2. The van der Waals surface area contributed by atoms with Gasteiger partial charge in [-0.3, -0.25) is 0 Å². The molecule has 116 valence electrons. The van der Waals surface area contributed by atoms with E-state index in [0.717, 1.165) is 21.2 Å². The molecule has 2 aromatic carbocycles. The third-order valence-corrected chi connectivity index (χ3v) is 3.90. The van der Waals surface area contributed by atoms with E-state index < -0.39 is 5.97 Å². The van der Waals surface area contributed by atoms with Crippen LogP contribution in [0.25, 0.3) is 6.08 Å². The molecule has 0 radical (unpaired) electrons. The van der Waals surface area contributed by atoms with E-state index in [1.165, 1.54) is 0 Å². The first-order valence-electron chi connectivity index (χ1n) is 7.00. The molecule has 3 rings (SSSR count). The van der Waals surface area contributed by atoms with Crippen molar-refractivity contribution < 1.29 is 14.3 Å². The van der Waals surface area contributed by atoms with Gasteiger partial charge in [0.25, 0.3) is 0 Å². The van der Waals surface area contributed by atoms with Crippen LogP contribution in [0, 0.1) is 6.92 Å². The topological polar surface area (TPSA) is 47.9 Å². The van der Waals surface area contributed by atoms with Crippen molar-refractivity contribution in [1.82, 2.24) is 0 Å². The monoisotopic (exact) mass is 371 g/mol. The van der Waals surface area contributed by atoms with Crippen LogP contribution >= 0.6 is 15.9 Å². The van der Waals surface area contributed by atoms with Crippen LogP contribution in [0.1, 0.15) is 16.7 Å². The number of hydrogen-bond acceptors (Lipinski definition) is 4. The minimum absolute atomic E-state index is 0.247. The maximum absolute atomic E-state index is 12.1. The quantitative estimate of drug-likeness (QED) is 0.602. The van der Waals surface area contributed by atoms with Gasteiger partial charge < -0.3 is 9.47 Å². The number of benzene rings is 2. The Hall–Kier alpha value is -2.40. The molecule has 0 N–H and O–H groups in total. The molecule has 0 fully saturated rings. The van der Waals surface area contributed by atoms with Gasteiger partial charge in [0, 0.05) is 15.6 Å². The van der Waals surface area contributed by atoms with Crippen molar-refractivity contribution in [1.29, 1.82) is 0 Å². The number of nitrogens with zero attached hydrogens (tertiary/aromatic N) is 1. The first kappa shape index (κ1) is 15.5. The number of rotatable bonds is 3. The Labute approximate surface area is 142 Å². The standard InChI is InChI=1S/C18H14BrNO3/c1-11-3-5-12(6-4-11)17-20-15(18(21)23-17)10-13-9-14(19)7-8-16(13)22-2/h3-10H,1-2H3/b15-10+. The number of aryl methyl sites for hydroxylation is 1. The Morgan fingerprint density at radius 2 is 1.91 bits per heavy atom. The zero-order valence-corrected chi connectivity index (χ0v) is 14.3. The zero-order chi connectivity index (χ0) is 16.4. The van der Waals surface area contributed by atoms with E-state index in [1.807, 2.05) is 49.4 Å². The van der Waals surface area contributed by atoms with Gasteiger partial charge in [0.1, 0.15) is 5.75 Å². The van der Waals surface area contributed by atoms with Gasteiger partial charge in [0.15, 0.2) is 5.70 Å². The average Bonchev–Trinajstić information content (AvgIpc) is 2.89. The minimum atomic E-state index is -0.470. The van der Waals surface area contributed by atoms with Gasteiger partial charge in [-0.2, -0.15) is 0 Å². The summed E-state index contributed by atoms with van der Waals surface area (Å²) < 4.78 is 11.5. The number of methoxy groups -OCH3 is 1. The summed E-state index contributed by atoms with van der Waals surface area (Å²) >= 11 is 3.41. The molecule has 4 nitrogen and oxygen atoms in total. The first-order valence-corrected chi connectivity index (χ1v) is 7.79. The van der Waals surface area contributed by atoms with Gasteiger partial charge in [0.2, 0.25) is 5.90 Å².